The number of anilines is 1. The summed E-state index contributed by atoms with van der Waals surface area (Å²) in [6, 6.07) is 8.43. The van der Waals surface area contributed by atoms with Gasteiger partial charge in [0.25, 0.3) is 0 Å². The molecule has 1 aromatic heterocycles. The standard InChI is InChI=1S/C19H22FN3O2/c20-16-12-17(14-21-13-16)22-8-1-9-23(11-10-22)19(25)7-4-15-2-5-18(24)6-3-15/h2-3,5-6,12-14,24H,1,4,7-11H2. The predicted molar refractivity (Wildman–Crippen MR) is 94.0 cm³/mol. The summed E-state index contributed by atoms with van der Waals surface area (Å²) < 4.78 is 13.3. The second kappa shape index (κ2) is 7.96. The van der Waals surface area contributed by atoms with Gasteiger partial charge in [-0.1, -0.05) is 12.1 Å². The molecule has 0 saturated carbocycles. The summed E-state index contributed by atoms with van der Waals surface area (Å²) in [5, 5.41) is 9.30. The van der Waals surface area contributed by atoms with E-state index in [4.69, 9.17) is 0 Å². The number of aromatic hydroxyl groups is 1. The fraction of sp³-hybridized carbons (Fsp3) is 0.368. The van der Waals surface area contributed by atoms with E-state index in [2.05, 4.69) is 9.88 Å². The van der Waals surface area contributed by atoms with Crippen LogP contribution in [-0.2, 0) is 11.2 Å². The number of pyridine rings is 1. The van der Waals surface area contributed by atoms with Crippen LogP contribution in [-0.4, -0.2) is 47.1 Å². The topological polar surface area (TPSA) is 56.7 Å². The summed E-state index contributed by atoms with van der Waals surface area (Å²) in [5.41, 5.74) is 1.80. The second-order valence-corrected chi connectivity index (χ2v) is 6.25. The molecule has 0 unspecified atom stereocenters. The third-order valence-corrected chi connectivity index (χ3v) is 4.47. The summed E-state index contributed by atoms with van der Waals surface area (Å²) >= 11 is 0. The summed E-state index contributed by atoms with van der Waals surface area (Å²) in [6.07, 6.45) is 4.81. The predicted octanol–water partition coefficient (Wildman–Crippen LogP) is 2.60. The van der Waals surface area contributed by atoms with Gasteiger partial charge in [-0.3, -0.25) is 9.78 Å². The summed E-state index contributed by atoms with van der Waals surface area (Å²) in [6.45, 7) is 2.81. The number of rotatable bonds is 4. The molecule has 5 nitrogen and oxygen atoms in total. The molecule has 1 N–H and O–H groups in total. The number of phenols is 1. The molecule has 0 atom stereocenters. The number of phenolic OH excluding ortho intramolecular Hbond substituents is 1. The van der Waals surface area contributed by atoms with E-state index in [1.807, 2.05) is 17.0 Å². The Morgan fingerprint density at radius 2 is 1.92 bits per heavy atom. The highest BCUT2D eigenvalue weighted by Crippen LogP contribution is 2.17. The van der Waals surface area contributed by atoms with Crippen LogP contribution in [0.25, 0.3) is 0 Å². The molecule has 2 aromatic rings. The minimum absolute atomic E-state index is 0.132. The van der Waals surface area contributed by atoms with Crippen molar-refractivity contribution in [3.8, 4) is 5.75 Å². The lowest BCUT2D eigenvalue weighted by Gasteiger charge is -2.23. The van der Waals surface area contributed by atoms with E-state index in [0.717, 1.165) is 24.2 Å². The molecule has 0 spiro atoms. The van der Waals surface area contributed by atoms with Crippen molar-refractivity contribution in [3.05, 3.63) is 54.1 Å². The fourth-order valence-corrected chi connectivity index (χ4v) is 3.07. The van der Waals surface area contributed by atoms with Crippen molar-refractivity contribution in [1.29, 1.82) is 0 Å². The first-order valence-electron chi connectivity index (χ1n) is 8.53. The van der Waals surface area contributed by atoms with E-state index in [-0.39, 0.29) is 17.5 Å². The van der Waals surface area contributed by atoms with E-state index >= 15 is 0 Å². The normalized spacial score (nSPS) is 15.1. The van der Waals surface area contributed by atoms with Crippen molar-refractivity contribution >= 4 is 11.6 Å². The first-order valence-corrected chi connectivity index (χ1v) is 8.53. The fourth-order valence-electron chi connectivity index (χ4n) is 3.07. The van der Waals surface area contributed by atoms with Crippen molar-refractivity contribution in [2.45, 2.75) is 19.3 Å². The molecule has 6 heteroatoms. The van der Waals surface area contributed by atoms with E-state index in [1.54, 1.807) is 18.3 Å². The molecule has 2 heterocycles. The average molecular weight is 343 g/mol. The zero-order valence-corrected chi connectivity index (χ0v) is 14.1. The maximum atomic E-state index is 13.3. The van der Waals surface area contributed by atoms with Gasteiger partial charge in [0.2, 0.25) is 5.91 Å². The van der Waals surface area contributed by atoms with Crippen LogP contribution in [0.15, 0.2) is 42.7 Å². The number of amides is 1. The zero-order valence-electron chi connectivity index (χ0n) is 14.1. The minimum Gasteiger partial charge on any atom is -0.508 e. The average Bonchev–Trinajstić information content (AvgIpc) is 2.87. The smallest absolute Gasteiger partial charge is 0.222 e. The van der Waals surface area contributed by atoms with Gasteiger partial charge in [0.05, 0.1) is 18.1 Å². The van der Waals surface area contributed by atoms with Gasteiger partial charge in [-0.15, -0.1) is 0 Å². The molecule has 1 aliphatic heterocycles. The molecule has 132 valence electrons. The number of benzene rings is 1. The Morgan fingerprint density at radius 1 is 1.12 bits per heavy atom. The van der Waals surface area contributed by atoms with Gasteiger partial charge in [0, 0.05) is 38.7 Å². The maximum absolute atomic E-state index is 13.3. The van der Waals surface area contributed by atoms with Gasteiger partial charge in [-0.25, -0.2) is 4.39 Å². The highest BCUT2D eigenvalue weighted by Gasteiger charge is 2.19. The number of carbonyl (C=O) groups is 1. The van der Waals surface area contributed by atoms with Gasteiger partial charge in [-0.05, 0) is 30.5 Å². The molecule has 0 bridgehead atoms. The molecule has 1 fully saturated rings. The van der Waals surface area contributed by atoms with E-state index < -0.39 is 0 Å². The van der Waals surface area contributed by atoms with Crippen molar-refractivity contribution in [1.82, 2.24) is 9.88 Å². The minimum atomic E-state index is -0.344. The van der Waals surface area contributed by atoms with Crippen molar-refractivity contribution in [3.63, 3.8) is 0 Å². The van der Waals surface area contributed by atoms with Gasteiger partial charge in [-0.2, -0.15) is 0 Å². The number of hydrogen-bond acceptors (Lipinski definition) is 4. The Morgan fingerprint density at radius 3 is 2.68 bits per heavy atom. The van der Waals surface area contributed by atoms with E-state index in [1.165, 1.54) is 12.3 Å². The highest BCUT2D eigenvalue weighted by molar-refractivity contribution is 5.76. The summed E-state index contributed by atoms with van der Waals surface area (Å²) in [7, 11) is 0. The number of halogens is 1. The lowest BCUT2D eigenvalue weighted by molar-refractivity contribution is -0.130. The van der Waals surface area contributed by atoms with Gasteiger partial charge in [0.1, 0.15) is 11.6 Å². The SMILES string of the molecule is O=C(CCc1ccc(O)cc1)N1CCCN(c2cncc(F)c2)CC1. The van der Waals surface area contributed by atoms with Crippen LogP contribution in [0.5, 0.6) is 5.75 Å². The van der Waals surface area contributed by atoms with Crippen LogP contribution in [0, 0.1) is 5.82 Å². The van der Waals surface area contributed by atoms with Gasteiger partial charge >= 0.3 is 0 Å². The first kappa shape index (κ1) is 17.2. The number of aryl methyl sites for hydroxylation is 1. The molecule has 1 saturated heterocycles. The third-order valence-electron chi connectivity index (χ3n) is 4.47. The number of hydrogen-bond donors (Lipinski definition) is 1. The Bertz CT molecular complexity index is 721. The van der Waals surface area contributed by atoms with Gasteiger partial charge < -0.3 is 14.9 Å². The largest absolute Gasteiger partial charge is 0.508 e. The number of aromatic nitrogens is 1. The Hall–Kier alpha value is -2.63. The molecule has 1 amide bonds. The molecular weight excluding hydrogens is 321 g/mol. The highest BCUT2D eigenvalue weighted by atomic mass is 19.1. The Balaban J connectivity index is 1.53. The van der Waals surface area contributed by atoms with E-state index in [0.29, 0.717) is 32.5 Å². The van der Waals surface area contributed by atoms with Crippen molar-refractivity contribution in [2.75, 3.05) is 31.1 Å². The van der Waals surface area contributed by atoms with Crippen LogP contribution < -0.4 is 4.90 Å². The zero-order chi connectivity index (χ0) is 17.6. The van der Waals surface area contributed by atoms with E-state index in [9.17, 15) is 14.3 Å². The quantitative estimate of drug-likeness (QED) is 0.927. The summed E-state index contributed by atoms with van der Waals surface area (Å²) in [5.74, 6) is 0.0189. The Labute approximate surface area is 146 Å². The third kappa shape index (κ3) is 4.68. The Kier molecular flexibility index (Phi) is 5.48. The molecule has 1 aliphatic rings. The number of nitrogens with zero attached hydrogens (tertiary/aromatic N) is 3. The monoisotopic (exact) mass is 343 g/mol. The molecular formula is C19H22FN3O2. The van der Waals surface area contributed by atoms with Crippen LogP contribution in [0.3, 0.4) is 0 Å². The second-order valence-electron chi connectivity index (χ2n) is 6.25. The molecule has 3 rings (SSSR count). The summed E-state index contributed by atoms with van der Waals surface area (Å²) in [4.78, 5) is 20.3. The van der Waals surface area contributed by atoms with Crippen molar-refractivity contribution in [2.24, 2.45) is 0 Å². The lowest BCUT2D eigenvalue weighted by Crippen LogP contribution is -2.35. The van der Waals surface area contributed by atoms with Crippen LogP contribution in [0.4, 0.5) is 10.1 Å². The first-order chi connectivity index (χ1) is 12.1. The van der Waals surface area contributed by atoms with Crippen molar-refractivity contribution < 1.29 is 14.3 Å². The molecule has 0 radical (unpaired) electrons. The van der Waals surface area contributed by atoms with Crippen LogP contribution in [0.2, 0.25) is 0 Å². The number of carbonyl (C=O) groups excluding carboxylic acids is 1. The van der Waals surface area contributed by atoms with Crippen LogP contribution >= 0.6 is 0 Å². The molecule has 25 heavy (non-hydrogen) atoms. The van der Waals surface area contributed by atoms with Gasteiger partial charge in [0.15, 0.2) is 0 Å². The molecule has 1 aromatic carbocycles. The maximum Gasteiger partial charge on any atom is 0.222 e. The van der Waals surface area contributed by atoms with Crippen LogP contribution in [0.1, 0.15) is 18.4 Å². The lowest BCUT2D eigenvalue weighted by atomic mass is 10.1. The molecule has 0 aliphatic carbocycles.